The summed E-state index contributed by atoms with van der Waals surface area (Å²) in [6, 6.07) is 4.75. The number of nitrogens with two attached hydrogens (primary N) is 1. The highest BCUT2D eigenvalue weighted by Crippen LogP contribution is 2.36. The molecule has 0 unspecified atom stereocenters. The van der Waals surface area contributed by atoms with Crippen molar-refractivity contribution >= 4 is 38.3 Å². The average molecular weight is 388 g/mol. The number of anilines is 1. The lowest BCUT2D eigenvalue weighted by molar-refractivity contribution is 0.387. The normalized spacial score (nSPS) is 11.3. The maximum atomic E-state index is 13.9. The number of benzene rings is 1. The molecule has 0 amide bonds. The van der Waals surface area contributed by atoms with Crippen LogP contribution >= 0.6 is 15.9 Å². The van der Waals surface area contributed by atoms with Gasteiger partial charge in [0.15, 0.2) is 23.0 Å². The largest absolute Gasteiger partial charge is 0.494 e. The minimum atomic E-state index is -0.468. The number of nitrogen functional groups attached to an aromatic ring is 1. The number of methoxy groups -OCH3 is 1. The highest BCUT2D eigenvalue weighted by Gasteiger charge is 2.18. The Morgan fingerprint density at radius 2 is 2.12 bits per heavy atom. The van der Waals surface area contributed by atoms with E-state index >= 15 is 0 Å². The molecule has 0 spiro atoms. The maximum absolute atomic E-state index is 13.9. The summed E-state index contributed by atoms with van der Waals surface area (Å²) in [7, 11) is 1.42. The maximum Gasteiger partial charge on any atom is 0.167 e. The van der Waals surface area contributed by atoms with E-state index in [0.29, 0.717) is 27.9 Å². The third kappa shape index (κ3) is 2.18. The Bertz CT molecular complexity index is 1090. The summed E-state index contributed by atoms with van der Waals surface area (Å²) in [6.07, 6.45) is 5.04. The van der Waals surface area contributed by atoms with Crippen LogP contribution in [-0.4, -0.2) is 26.7 Å². The molecule has 24 heavy (non-hydrogen) atoms. The van der Waals surface area contributed by atoms with Gasteiger partial charge in [0.05, 0.1) is 22.7 Å². The first-order valence-corrected chi connectivity index (χ1v) is 7.80. The van der Waals surface area contributed by atoms with Gasteiger partial charge in [0.1, 0.15) is 0 Å². The van der Waals surface area contributed by atoms with Gasteiger partial charge in [-0.1, -0.05) is 0 Å². The number of fused-ring (bicyclic) bond motifs is 2. The van der Waals surface area contributed by atoms with Crippen LogP contribution < -0.4 is 10.5 Å². The fraction of sp³-hybridized carbons (Fsp3) is 0.0625. The van der Waals surface area contributed by atoms with Crippen molar-refractivity contribution in [3.8, 4) is 16.9 Å². The monoisotopic (exact) mass is 387 g/mol. The summed E-state index contributed by atoms with van der Waals surface area (Å²) < 4.78 is 21.4. The molecule has 0 fully saturated rings. The number of halogens is 2. The van der Waals surface area contributed by atoms with Crippen molar-refractivity contribution in [1.82, 2.24) is 19.6 Å². The molecular formula is C16H11BrFN5O. The SMILES string of the molecule is COc1cc2c(-c3c(N)nn4cc(Br)cnc34)ccnc2cc1F. The van der Waals surface area contributed by atoms with E-state index in [9.17, 15) is 4.39 Å². The van der Waals surface area contributed by atoms with Gasteiger partial charge in [0, 0.05) is 35.6 Å². The number of aromatic nitrogens is 4. The molecule has 2 N–H and O–H groups in total. The van der Waals surface area contributed by atoms with Crippen molar-refractivity contribution in [1.29, 1.82) is 0 Å². The van der Waals surface area contributed by atoms with Crippen LogP contribution in [0.3, 0.4) is 0 Å². The Labute approximate surface area is 144 Å². The Morgan fingerprint density at radius 1 is 1.29 bits per heavy atom. The van der Waals surface area contributed by atoms with E-state index in [1.807, 2.05) is 0 Å². The van der Waals surface area contributed by atoms with Crippen molar-refractivity contribution in [3.05, 3.63) is 47.1 Å². The van der Waals surface area contributed by atoms with E-state index < -0.39 is 5.82 Å². The number of nitrogens with zero attached hydrogens (tertiary/aromatic N) is 4. The van der Waals surface area contributed by atoms with E-state index in [0.717, 1.165) is 10.0 Å². The van der Waals surface area contributed by atoms with Crippen molar-refractivity contribution in [2.45, 2.75) is 0 Å². The fourth-order valence-electron chi connectivity index (χ4n) is 2.71. The summed E-state index contributed by atoms with van der Waals surface area (Å²) in [6.45, 7) is 0. The molecule has 0 aliphatic heterocycles. The Balaban J connectivity index is 2.08. The topological polar surface area (TPSA) is 78.3 Å². The molecule has 3 aromatic heterocycles. The molecule has 3 heterocycles. The number of pyridine rings is 1. The van der Waals surface area contributed by atoms with Crippen molar-refractivity contribution in [2.24, 2.45) is 0 Å². The average Bonchev–Trinajstić information content (AvgIpc) is 2.88. The molecule has 0 aliphatic rings. The molecule has 8 heteroatoms. The zero-order chi connectivity index (χ0) is 16.8. The van der Waals surface area contributed by atoms with E-state index in [1.165, 1.54) is 13.2 Å². The minimum Gasteiger partial charge on any atom is -0.494 e. The number of hydrogen-bond acceptors (Lipinski definition) is 5. The molecule has 0 aliphatic carbocycles. The standard InChI is InChI=1S/C16H11BrFN5O/c1-24-13-4-10-9(2-3-20-12(10)5-11(13)18)14-15(19)22-23-7-8(17)6-21-16(14)23/h2-7H,1H3,(H2,19,22). The first-order valence-electron chi connectivity index (χ1n) is 7.00. The third-order valence-corrected chi connectivity index (χ3v) is 4.16. The quantitative estimate of drug-likeness (QED) is 0.569. The van der Waals surface area contributed by atoms with Gasteiger partial charge in [-0.05, 0) is 28.1 Å². The van der Waals surface area contributed by atoms with Crippen LogP contribution in [0.5, 0.6) is 5.75 Å². The van der Waals surface area contributed by atoms with Crippen LogP contribution in [0.25, 0.3) is 27.7 Å². The summed E-state index contributed by atoms with van der Waals surface area (Å²) in [5, 5.41) is 5.00. The van der Waals surface area contributed by atoms with Crippen molar-refractivity contribution in [3.63, 3.8) is 0 Å². The van der Waals surface area contributed by atoms with Crippen LogP contribution in [0.15, 0.2) is 41.3 Å². The van der Waals surface area contributed by atoms with Gasteiger partial charge in [-0.3, -0.25) is 4.98 Å². The van der Waals surface area contributed by atoms with Crippen LogP contribution in [0.1, 0.15) is 0 Å². The number of ether oxygens (including phenoxy) is 1. The lowest BCUT2D eigenvalue weighted by Gasteiger charge is -2.08. The van der Waals surface area contributed by atoms with Gasteiger partial charge in [-0.2, -0.15) is 0 Å². The molecule has 0 radical (unpaired) electrons. The second-order valence-corrected chi connectivity index (χ2v) is 6.08. The van der Waals surface area contributed by atoms with Gasteiger partial charge in [0.25, 0.3) is 0 Å². The van der Waals surface area contributed by atoms with Crippen LogP contribution in [-0.2, 0) is 0 Å². The lowest BCUT2D eigenvalue weighted by Crippen LogP contribution is -1.93. The zero-order valence-corrected chi connectivity index (χ0v) is 14.1. The summed E-state index contributed by atoms with van der Waals surface area (Å²) in [5.74, 6) is 0.00318. The first kappa shape index (κ1) is 14.8. The molecule has 4 aromatic rings. The predicted molar refractivity (Wildman–Crippen MR) is 92.3 cm³/mol. The molecule has 6 nitrogen and oxygen atoms in total. The van der Waals surface area contributed by atoms with Crippen LogP contribution in [0, 0.1) is 5.82 Å². The third-order valence-electron chi connectivity index (χ3n) is 3.75. The highest BCUT2D eigenvalue weighted by molar-refractivity contribution is 9.10. The van der Waals surface area contributed by atoms with Gasteiger partial charge < -0.3 is 10.5 Å². The van der Waals surface area contributed by atoms with Crippen LogP contribution in [0.2, 0.25) is 0 Å². The second-order valence-electron chi connectivity index (χ2n) is 5.16. The van der Waals surface area contributed by atoms with E-state index in [4.69, 9.17) is 10.5 Å². The molecule has 0 saturated heterocycles. The van der Waals surface area contributed by atoms with Gasteiger partial charge in [-0.25, -0.2) is 13.9 Å². The number of rotatable bonds is 2. The smallest absolute Gasteiger partial charge is 0.167 e. The Kier molecular flexibility index (Phi) is 3.34. The molecule has 1 aromatic carbocycles. The minimum absolute atomic E-state index is 0.141. The van der Waals surface area contributed by atoms with Crippen molar-refractivity contribution in [2.75, 3.05) is 12.8 Å². The highest BCUT2D eigenvalue weighted by atomic mass is 79.9. The molecule has 120 valence electrons. The van der Waals surface area contributed by atoms with Gasteiger partial charge in [-0.15, -0.1) is 5.10 Å². The lowest BCUT2D eigenvalue weighted by atomic mass is 10.0. The fourth-order valence-corrected chi connectivity index (χ4v) is 3.01. The van der Waals surface area contributed by atoms with E-state index in [1.54, 1.807) is 35.2 Å². The second kappa shape index (κ2) is 5.41. The van der Waals surface area contributed by atoms with E-state index in [2.05, 4.69) is 31.0 Å². The summed E-state index contributed by atoms with van der Waals surface area (Å²) >= 11 is 3.36. The Morgan fingerprint density at radius 3 is 2.92 bits per heavy atom. The van der Waals surface area contributed by atoms with Gasteiger partial charge in [0.2, 0.25) is 0 Å². The van der Waals surface area contributed by atoms with Crippen molar-refractivity contribution < 1.29 is 9.13 Å². The summed E-state index contributed by atoms with van der Waals surface area (Å²) in [5.41, 5.74) is 8.65. The Hall–Kier alpha value is -2.74. The number of hydrogen-bond donors (Lipinski definition) is 1. The van der Waals surface area contributed by atoms with Crippen LogP contribution in [0.4, 0.5) is 10.2 Å². The molecule has 0 saturated carbocycles. The summed E-state index contributed by atoms with van der Waals surface area (Å²) in [4.78, 5) is 8.61. The first-order chi connectivity index (χ1) is 11.6. The molecule has 0 atom stereocenters. The zero-order valence-electron chi connectivity index (χ0n) is 12.5. The molecular weight excluding hydrogens is 377 g/mol. The van der Waals surface area contributed by atoms with E-state index in [-0.39, 0.29) is 5.75 Å². The predicted octanol–water partition coefficient (Wildman–Crippen LogP) is 3.44. The van der Waals surface area contributed by atoms with Gasteiger partial charge >= 0.3 is 0 Å². The molecule has 4 rings (SSSR count). The molecule has 0 bridgehead atoms.